The van der Waals surface area contributed by atoms with Crippen LogP contribution in [0.5, 0.6) is 0 Å². The molecule has 0 saturated carbocycles. The van der Waals surface area contributed by atoms with Crippen molar-refractivity contribution < 1.29 is 26.1 Å². The molecule has 2 rings (SSSR count). The summed E-state index contributed by atoms with van der Waals surface area (Å²) in [5.41, 5.74) is -2.16. The van der Waals surface area contributed by atoms with Gasteiger partial charge < -0.3 is 0 Å². The molecule has 0 atom stereocenters. The molecular weight excluding hydrogens is 516 g/mol. The minimum Gasteiger partial charge on any atom is -0.279 e. The summed E-state index contributed by atoms with van der Waals surface area (Å²) in [6.45, 7) is 13.4. The van der Waals surface area contributed by atoms with E-state index in [-0.39, 0.29) is 5.41 Å². The van der Waals surface area contributed by atoms with Gasteiger partial charge in [0, 0.05) is 3.57 Å². The summed E-state index contributed by atoms with van der Waals surface area (Å²) in [5.74, 6) is 0. The van der Waals surface area contributed by atoms with Crippen molar-refractivity contribution in [1.82, 2.24) is 0 Å². The van der Waals surface area contributed by atoms with Crippen molar-refractivity contribution in [2.24, 2.45) is 0 Å². The first-order valence-corrected chi connectivity index (χ1v) is 11.2. The van der Waals surface area contributed by atoms with Gasteiger partial charge in [-0.2, -0.15) is 21.6 Å². The lowest BCUT2D eigenvalue weighted by atomic mass is 9.87. The first-order valence-electron chi connectivity index (χ1n) is 8.71. The van der Waals surface area contributed by atoms with Crippen LogP contribution in [0.25, 0.3) is 0 Å². The summed E-state index contributed by atoms with van der Waals surface area (Å²) in [6.07, 6.45) is 0. The number of hydrogen-bond acceptors (Lipinski definition) is 2. The van der Waals surface area contributed by atoms with E-state index in [9.17, 15) is 13.2 Å². The maximum atomic E-state index is 10.7. The molecule has 0 amide bonds. The van der Waals surface area contributed by atoms with E-state index < -0.39 is 15.6 Å². The predicted molar refractivity (Wildman–Crippen MR) is 121 cm³/mol. The smallest absolute Gasteiger partial charge is 0.279 e. The monoisotopic (exact) mass is 544 g/mol. The SMILES string of the molecule is CC(C)(C)c1ccc(I)cc1.CC(C)(C)c1ccccc1.O=S(=O)(O)C(F)(F)F. The van der Waals surface area contributed by atoms with Gasteiger partial charge in [-0.05, 0) is 56.7 Å². The third-order valence-electron chi connectivity index (χ3n) is 3.64. The van der Waals surface area contributed by atoms with E-state index in [0.29, 0.717) is 5.41 Å². The largest absolute Gasteiger partial charge is 0.522 e. The highest BCUT2D eigenvalue weighted by Gasteiger charge is 2.44. The van der Waals surface area contributed by atoms with Crippen LogP contribution in [0.1, 0.15) is 52.7 Å². The third kappa shape index (κ3) is 11.6. The lowest BCUT2D eigenvalue weighted by Gasteiger charge is -2.18. The van der Waals surface area contributed by atoms with Gasteiger partial charge in [-0.3, -0.25) is 4.55 Å². The Bertz CT molecular complexity index is 834. The molecule has 1 N–H and O–H groups in total. The Hall–Kier alpha value is -1.13. The standard InChI is InChI=1S/C10H13I.C10H14.CHF3O3S/c1-10(2,3)8-4-6-9(11)7-5-8;1-10(2,3)9-7-5-4-6-8-9;2-1(3,4)8(5,6)7/h4-7H,1-3H3;4-8H,1-3H3;(H,5,6,7). The fourth-order valence-electron chi connectivity index (χ4n) is 1.89. The van der Waals surface area contributed by atoms with Gasteiger partial charge in [-0.15, -0.1) is 0 Å². The number of hydrogen-bond donors (Lipinski definition) is 1. The number of alkyl halides is 3. The molecule has 0 radical (unpaired) electrons. The topological polar surface area (TPSA) is 54.4 Å². The quantitative estimate of drug-likeness (QED) is 0.222. The zero-order chi connectivity index (χ0) is 23.1. The fourth-order valence-corrected chi connectivity index (χ4v) is 2.25. The molecule has 0 aliphatic rings. The van der Waals surface area contributed by atoms with Gasteiger partial charge in [-0.25, -0.2) is 0 Å². The van der Waals surface area contributed by atoms with E-state index in [1.54, 1.807) is 0 Å². The average molecular weight is 544 g/mol. The van der Waals surface area contributed by atoms with Crippen LogP contribution < -0.4 is 0 Å². The van der Waals surface area contributed by atoms with Crippen molar-refractivity contribution in [3.05, 3.63) is 69.3 Å². The van der Waals surface area contributed by atoms with Crippen molar-refractivity contribution in [3.8, 4) is 0 Å². The second-order valence-electron chi connectivity index (χ2n) is 8.29. The molecular formula is C21H28F3IO3S. The Balaban J connectivity index is 0.000000412. The van der Waals surface area contributed by atoms with Gasteiger partial charge in [0.15, 0.2) is 0 Å². The molecule has 0 saturated heterocycles. The molecule has 164 valence electrons. The van der Waals surface area contributed by atoms with Gasteiger partial charge in [0.2, 0.25) is 0 Å². The molecule has 0 aliphatic carbocycles. The van der Waals surface area contributed by atoms with E-state index >= 15 is 0 Å². The Morgan fingerprint density at radius 3 is 1.28 bits per heavy atom. The van der Waals surface area contributed by atoms with Gasteiger partial charge >= 0.3 is 15.6 Å². The fraction of sp³-hybridized carbons (Fsp3) is 0.429. The van der Waals surface area contributed by atoms with Gasteiger partial charge in [0.25, 0.3) is 0 Å². The van der Waals surface area contributed by atoms with E-state index in [4.69, 9.17) is 13.0 Å². The Labute approximate surface area is 185 Å². The Morgan fingerprint density at radius 2 is 1.03 bits per heavy atom. The Kier molecular flexibility index (Phi) is 10.3. The lowest BCUT2D eigenvalue weighted by molar-refractivity contribution is -0.0510. The van der Waals surface area contributed by atoms with Gasteiger partial charge in [0.05, 0.1) is 0 Å². The van der Waals surface area contributed by atoms with Crippen molar-refractivity contribution in [2.45, 2.75) is 57.9 Å². The maximum Gasteiger partial charge on any atom is 0.522 e. The molecule has 0 spiro atoms. The molecule has 8 heteroatoms. The van der Waals surface area contributed by atoms with Crippen LogP contribution >= 0.6 is 22.6 Å². The molecule has 0 bridgehead atoms. The summed E-state index contributed by atoms with van der Waals surface area (Å²) in [4.78, 5) is 0. The summed E-state index contributed by atoms with van der Waals surface area (Å²) in [5, 5.41) is 0. The average Bonchev–Trinajstić information content (AvgIpc) is 2.54. The maximum absolute atomic E-state index is 10.7. The molecule has 3 nitrogen and oxygen atoms in total. The van der Waals surface area contributed by atoms with Crippen molar-refractivity contribution in [1.29, 1.82) is 0 Å². The minimum absolute atomic E-state index is 0.282. The van der Waals surface area contributed by atoms with E-state index in [1.807, 2.05) is 0 Å². The molecule has 0 heterocycles. The lowest BCUT2D eigenvalue weighted by Crippen LogP contribution is -2.21. The van der Waals surface area contributed by atoms with Crippen LogP contribution in [0.2, 0.25) is 0 Å². The first kappa shape index (κ1) is 27.9. The molecule has 0 aliphatic heterocycles. The Morgan fingerprint density at radius 1 is 0.724 bits per heavy atom. The van der Waals surface area contributed by atoms with E-state index in [0.717, 1.165) is 0 Å². The van der Waals surface area contributed by atoms with Crippen LogP contribution in [-0.2, 0) is 20.9 Å². The van der Waals surface area contributed by atoms with Gasteiger partial charge in [-0.1, -0.05) is 84.0 Å². The van der Waals surface area contributed by atoms with Crippen LogP contribution in [0.3, 0.4) is 0 Å². The zero-order valence-corrected chi connectivity index (χ0v) is 20.4. The number of rotatable bonds is 0. The van der Waals surface area contributed by atoms with Gasteiger partial charge in [0.1, 0.15) is 0 Å². The molecule has 0 unspecified atom stereocenters. The van der Waals surface area contributed by atoms with Crippen LogP contribution in [0.4, 0.5) is 13.2 Å². The highest BCUT2D eigenvalue weighted by atomic mass is 127. The molecule has 0 fully saturated rings. The molecule has 2 aromatic rings. The predicted octanol–water partition coefficient (Wildman–Crippen LogP) is 6.97. The van der Waals surface area contributed by atoms with Crippen LogP contribution in [-0.4, -0.2) is 18.5 Å². The molecule has 29 heavy (non-hydrogen) atoms. The summed E-state index contributed by atoms with van der Waals surface area (Å²) in [7, 11) is -5.84. The highest BCUT2D eigenvalue weighted by Crippen LogP contribution is 2.23. The van der Waals surface area contributed by atoms with E-state index in [2.05, 4.69) is 119 Å². The van der Waals surface area contributed by atoms with Crippen molar-refractivity contribution >= 4 is 32.7 Å². The van der Waals surface area contributed by atoms with Crippen molar-refractivity contribution in [3.63, 3.8) is 0 Å². The second kappa shape index (κ2) is 10.8. The molecule has 0 aromatic heterocycles. The zero-order valence-electron chi connectivity index (χ0n) is 17.4. The summed E-state index contributed by atoms with van der Waals surface area (Å²) < 4.78 is 58.8. The number of benzene rings is 2. The summed E-state index contributed by atoms with van der Waals surface area (Å²) in [6, 6.07) is 19.3. The summed E-state index contributed by atoms with van der Waals surface area (Å²) >= 11 is 2.32. The van der Waals surface area contributed by atoms with E-state index in [1.165, 1.54) is 14.7 Å². The van der Waals surface area contributed by atoms with Crippen molar-refractivity contribution in [2.75, 3.05) is 0 Å². The minimum atomic E-state index is -5.84. The van der Waals surface area contributed by atoms with Crippen LogP contribution in [0.15, 0.2) is 54.6 Å². The molecule has 2 aromatic carbocycles. The normalized spacial score (nSPS) is 12.2. The van der Waals surface area contributed by atoms with Crippen LogP contribution in [0, 0.1) is 3.57 Å². The third-order valence-corrected chi connectivity index (χ3v) is 4.95. The first-order chi connectivity index (χ1) is 12.9. The number of halogens is 4. The second-order valence-corrected chi connectivity index (χ2v) is 11.0. The highest BCUT2D eigenvalue weighted by molar-refractivity contribution is 14.1.